The summed E-state index contributed by atoms with van der Waals surface area (Å²) in [6.07, 6.45) is 3.76. The molecule has 0 heterocycles. The molecule has 1 fully saturated rings. The molecule has 1 atom stereocenters. The van der Waals surface area contributed by atoms with E-state index in [-0.39, 0.29) is 11.2 Å². The minimum atomic E-state index is -0.120. The number of hydrogen-bond donors (Lipinski definition) is 2. The van der Waals surface area contributed by atoms with Crippen LogP contribution in [0.15, 0.2) is 18.2 Å². The predicted molar refractivity (Wildman–Crippen MR) is 73.1 cm³/mol. The fourth-order valence-corrected chi connectivity index (χ4v) is 3.22. The molecule has 1 aliphatic carbocycles. The van der Waals surface area contributed by atoms with Crippen LogP contribution >= 0.6 is 0 Å². The second-order valence-corrected chi connectivity index (χ2v) is 5.48. The van der Waals surface area contributed by atoms with Gasteiger partial charge in [0.05, 0.1) is 0 Å². The zero-order chi connectivity index (χ0) is 13.2. The van der Waals surface area contributed by atoms with Crippen LogP contribution in [0.25, 0.3) is 0 Å². The van der Waals surface area contributed by atoms with Gasteiger partial charge in [-0.25, -0.2) is 4.39 Å². The monoisotopic (exact) mass is 250 g/mol. The fraction of sp³-hybridized carbons (Fsp3) is 0.600. The summed E-state index contributed by atoms with van der Waals surface area (Å²) in [5.41, 5.74) is 2.21. The third kappa shape index (κ3) is 2.29. The van der Waals surface area contributed by atoms with E-state index in [1.54, 1.807) is 6.07 Å². The molecule has 0 spiro atoms. The largest absolute Gasteiger partial charge is 0.319 e. The number of nitrogens with one attached hydrogen (secondary N) is 2. The maximum absolute atomic E-state index is 13.4. The van der Waals surface area contributed by atoms with Gasteiger partial charge in [0, 0.05) is 18.0 Å². The van der Waals surface area contributed by atoms with Gasteiger partial charge in [0.2, 0.25) is 0 Å². The Morgan fingerprint density at radius 1 is 1.33 bits per heavy atom. The van der Waals surface area contributed by atoms with Crippen LogP contribution < -0.4 is 10.6 Å². The minimum Gasteiger partial charge on any atom is -0.319 e. The Balaban J connectivity index is 2.29. The normalized spacial score (nSPS) is 19.3. The lowest BCUT2D eigenvalue weighted by molar-refractivity contribution is 0.0788. The molecular formula is C15H23FN2. The number of benzene rings is 1. The molecule has 0 amide bonds. The molecule has 0 saturated heterocycles. The van der Waals surface area contributed by atoms with Crippen LogP contribution in [0.5, 0.6) is 0 Å². The van der Waals surface area contributed by atoms with E-state index in [4.69, 9.17) is 0 Å². The van der Waals surface area contributed by atoms with E-state index in [9.17, 15) is 4.39 Å². The standard InChI is InChI=1S/C15H23FN2/c1-11-9-12(5-6-13(11)16)14(18-3)15(10-17-2)7-4-8-15/h5-6,9,14,17-18H,4,7-8,10H2,1-3H3. The third-order valence-corrected chi connectivity index (χ3v) is 4.29. The Morgan fingerprint density at radius 2 is 2.06 bits per heavy atom. The van der Waals surface area contributed by atoms with Gasteiger partial charge in [0.15, 0.2) is 0 Å². The van der Waals surface area contributed by atoms with E-state index in [0.29, 0.717) is 6.04 Å². The molecule has 1 aromatic carbocycles. The molecule has 1 saturated carbocycles. The van der Waals surface area contributed by atoms with Crippen LogP contribution in [0, 0.1) is 18.2 Å². The van der Waals surface area contributed by atoms with Crippen molar-refractivity contribution < 1.29 is 4.39 Å². The maximum Gasteiger partial charge on any atom is 0.126 e. The van der Waals surface area contributed by atoms with Crippen molar-refractivity contribution in [2.75, 3.05) is 20.6 Å². The van der Waals surface area contributed by atoms with Gasteiger partial charge in [0.1, 0.15) is 5.82 Å². The minimum absolute atomic E-state index is 0.120. The first kappa shape index (κ1) is 13.5. The molecule has 0 bridgehead atoms. The summed E-state index contributed by atoms with van der Waals surface area (Å²) >= 11 is 0. The molecule has 0 aromatic heterocycles. The van der Waals surface area contributed by atoms with E-state index < -0.39 is 0 Å². The molecule has 1 aromatic rings. The second kappa shape index (κ2) is 5.37. The molecule has 2 nitrogen and oxygen atoms in total. The van der Waals surface area contributed by atoms with Crippen molar-refractivity contribution in [3.05, 3.63) is 35.1 Å². The summed E-state index contributed by atoms with van der Waals surface area (Å²) in [4.78, 5) is 0. The Kier molecular flexibility index (Phi) is 4.03. The topological polar surface area (TPSA) is 24.1 Å². The highest BCUT2D eigenvalue weighted by Crippen LogP contribution is 2.49. The highest BCUT2D eigenvalue weighted by atomic mass is 19.1. The van der Waals surface area contributed by atoms with Crippen LogP contribution in [0.4, 0.5) is 4.39 Å². The zero-order valence-corrected chi connectivity index (χ0v) is 11.5. The average molecular weight is 250 g/mol. The van der Waals surface area contributed by atoms with Crippen LogP contribution in [0.3, 0.4) is 0 Å². The van der Waals surface area contributed by atoms with Gasteiger partial charge in [-0.2, -0.15) is 0 Å². The number of hydrogen-bond acceptors (Lipinski definition) is 2. The van der Waals surface area contributed by atoms with Crippen LogP contribution in [-0.2, 0) is 0 Å². The molecule has 3 heteroatoms. The van der Waals surface area contributed by atoms with Crippen molar-refractivity contribution in [3.63, 3.8) is 0 Å². The molecule has 18 heavy (non-hydrogen) atoms. The summed E-state index contributed by atoms with van der Waals surface area (Å²) < 4.78 is 13.4. The quantitative estimate of drug-likeness (QED) is 0.839. The highest BCUT2D eigenvalue weighted by Gasteiger charge is 2.43. The molecule has 2 N–H and O–H groups in total. The maximum atomic E-state index is 13.4. The van der Waals surface area contributed by atoms with Crippen LogP contribution in [0.2, 0.25) is 0 Å². The van der Waals surface area contributed by atoms with Gasteiger partial charge in [0.25, 0.3) is 0 Å². The van der Waals surface area contributed by atoms with Gasteiger partial charge in [-0.1, -0.05) is 18.6 Å². The Morgan fingerprint density at radius 3 is 2.50 bits per heavy atom. The van der Waals surface area contributed by atoms with Gasteiger partial charge >= 0.3 is 0 Å². The summed E-state index contributed by atoms with van der Waals surface area (Å²) in [5, 5.41) is 6.74. The number of halogens is 1. The van der Waals surface area contributed by atoms with Crippen molar-refractivity contribution in [1.82, 2.24) is 10.6 Å². The van der Waals surface area contributed by atoms with Gasteiger partial charge in [-0.3, -0.25) is 0 Å². The van der Waals surface area contributed by atoms with Crippen molar-refractivity contribution >= 4 is 0 Å². The van der Waals surface area contributed by atoms with Gasteiger partial charge in [-0.05, 0) is 51.1 Å². The van der Waals surface area contributed by atoms with Crippen molar-refractivity contribution in [2.45, 2.75) is 32.2 Å². The summed E-state index contributed by atoms with van der Waals surface area (Å²) in [7, 11) is 4.00. The summed E-state index contributed by atoms with van der Waals surface area (Å²) in [6, 6.07) is 5.78. The average Bonchev–Trinajstić information content (AvgIpc) is 2.31. The smallest absolute Gasteiger partial charge is 0.126 e. The van der Waals surface area contributed by atoms with Crippen LogP contribution in [-0.4, -0.2) is 20.6 Å². The number of aryl methyl sites for hydroxylation is 1. The second-order valence-electron chi connectivity index (χ2n) is 5.48. The molecule has 0 aliphatic heterocycles. The van der Waals surface area contributed by atoms with Crippen molar-refractivity contribution in [1.29, 1.82) is 0 Å². The zero-order valence-electron chi connectivity index (χ0n) is 11.5. The Bertz CT molecular complexity index is 413. The summed E-state index contributed by atoms with van der Waals surface area (Å²) in [5.74, 6) is -0.120. The first-order chi connectivity index (χ1) is 8.63. The van der Waals surface area contributed by atoms with E-state index in [1.165, 1.54) is 24.8 Å². The molecule has 100 valence electrons. The first-order valence-corrected chi connectivity index (χ1v) is 6.71. The van der Waals surface area contributed by atoms with E-state index in [1.807, 2.05) is 33.2 Å². The van der Waals surface area contributed by atoms with Gasteiger partial charge < -0.3 is 10.6 Å². The van der Waals surface area contributed by atoms with E-state index >= 15 is 0 Å². The lowest BCUT2D eigenvalue weighted by atomic mass is 9.62. The van der Waals surface area contributed by atoms with Crippen LogP contribution in [0.1, 0.15) is 36.4 Å². The Labute approximate surface area is 109 Å². The predicted octanol–water partition coefficient (Wildman–Crippen LogP) is 2.78. The molecule has 1 aliphatic rings. The summed E-state index contributed by atoms with van der Waals surface area (Å²) in [6.45, 7) is 2.84. The van der Waals surface area contributed by atoms with Crippen molar-refractivity contribution in [2.24, 2.45) is 5.41 Å². The molecule has 2 rings (SSSR count). The van der Waals surface area contributed by atoms with Gasteiger partial charge in [-0.15, -0.1) is 0 Å². The molecule has 1 unspecified atom stereocenters. The van der Waals surface area contributed by atoms with Crippen molar-refractivity contribution in [3.8, 4) is 0 Å². The third-order valence-electron chi connectivity index (χ3n) is 4.29. The fourth-order valence-electron chi connectivity index (χ4n) is 3.22. The Hall–Kier alpha value is -0.930. The number of rotatable bonds is 5. The molecule has 0 radical (unpaired) electrons. The SMILES string of the molecule is CNCC1(C(NC)c2ccc(F)c(C)c2)CCC1. The van der Waals surface area contributed by atoms with E-state index in [2.05, 4.69) is 10.6 Å². The highest BCUT2D eigenvalue weighted by molar-refractivity contribution is 5.29. The van der Waals surface area contributed by atoms with E-state index in [0.717, 1.165) is 12.1 Å². The lowest BCUT2D eigenvalue weighted by Gasteiger charge is -2.48. The lowest BCUT2D eigenvalue weighted by Crippen LogP contribution is -2.48. The molecular weight excluding hydrogens is 227 g/mol. The first-order valence-electron chi connectivity index (χ1n) is 6.71.